The summed E-state index contributed by atoms with van der Waals surface area (Å²) in [6, 6.07) is 8.19. The molecule has 1 aromatic carbocycles. The molecular formula is C16H18N2O2. The van der Waals surface area contributed by atoms with Crippen molar-refractivity contribution >= 4 is 5.78 Å². The number of hydrogen-bond acceptors (Lipinski definition) is 4. The summed E-state index contributed by atoms with van der Waals surface area (Å²) in [6.45, 7) is 0. The molecule has 2 saturated heterocycles. The van der Waals surface area contributed by atoms with Gasteiger partial charge in [0.25, 0.3) is 0 Å². The Morgan fingerprint density at radius 1 is 1.35 bits per heavy atom. The van der Waals surface area contributed by atoms with Crippen molar-refractivity contribution in [2.45, 2.75) is 37.8 Å². The van der Waals surface area contributed by atoms with E-state index in [1.54, 1.807) is 18.2 Å². The van der Waals surface area contributed by atoms with Gasteiger partial charge in [0.1, 0.15) is 11.8 Å². The fraction of sp³-hybridized carbons (Fsp3) is 0.500. The third kappa shape index (κ3) is 2.30. The molecule has 0 radical (unpaired) electrons. The first-order chi connectivity index (χ1) is 9.71. The Labute approximate surface area is 118 Å². The third-order valence-electron chi connectivity index (χ3n) is 4.45. The molecule has 20 heavy (non-hydrogen) atoms. The van der Waals surface area contributed by atoms with Gasteiger partial charge in [-0.2, -0.15) is 5.26 Å². The van der Waals surface area contributed by atoms with Crippen LogP contribution in [0.15, 0.2) is 18.2 Å². The number of carbonyl (C=O) groups excluding carboxylic acids is 1. The molecule has 0 aromatic heterocycles. The third-order valence-corrected chi connectivity index (χ3v) is 4.45. The van der Waals surface area contributed by atoms with Crippen molar-refractivity contribution in [1.82, 2.24) is 5.32 Å². The lowest BCUT2D eigenvalue weighted by molar-refractivity contribution is 0.0875. The van der Waals surface area contributed by atoms with Gasteiger partial charge in [-0.1, -0.05) is 0 Å². The van der Waals surface area contributed by atoms with E-state index >= 15 is 0 Å². The van der Waals surface area contributed by atoms with E-state index in [2.05, 4.69) is 11.4 Å². The number of fused-ring (bicyclic) bond motifs is 2. The second kappa shape index (κ2) is 5.26. The van der Waals surface area contributed by atoms with Gasteiger partial charge in [0.2, 0.25) is 0 Å². The first-order valence-electron chi connectivity index (χ1n) is 7.09. The van der Waals surface area contributed by atoms with Gasteiger partial charge < -0.3 is 10.1 Å². The highest BCUT2D eigenvalue weighted by Gasteiger charge is 2.36. The van der Waals surface area contributed by atoms with Gasteiger partial charge in [-0.05, 0) is 43.9 Å². The number of carbonyl (C=O) groups is 1. The van der Waals surface area contributed by atoms with Crippen molar-refractivity contribution in [2.75, 3.05) is 7.11 Å². The van der Waals surface area contributed by atoms with E-state index in [0.29, 0.717) is 29.0 Å². The van der Waals surface area contributed by atoms with E-state index in [-0.39, 0.29) is 11.7 Å². The zero-order valence-corrected chi connectivity index (χ0v) is 11.6. The van der Waals surface area contributed by atoms with E-state index in [9.17, 15) is 4.79 Å². The first-order valence-corrected chi connectivity index (χ1v) is 7.09. The normalized spacial score (nSPS) is 27.9. The van der Waals surface area contributed by atoms with Crippen molar-refractivity contribution in [3.05, 3.63) is 29.3 Å². The quantitative estimate of drug-likeness (QED) is 0.856. The van der Waals surface area contributed by atoms with Crippen LogP contribution >= 0.6 is 0 Å². The summed E-state index contributed by atoms with van der Waals surface area (Å²) in [5.41, 5.74) is 1.13. The van der Waals surface area contributed by atoms with Crippen molar-refractivity contribution in [3.63, 3.8) is 0 Å². The van der Waals surface area contributed by atoms with E-state index in [1.807, 2.05) is 0 Å². The van der Waals surface area contributed by atoms with Crippen LogP contribution in [-0.4, -0.2) is 25.0 Å². The minimum atomic E-state index is 0.103. The summed E-state index contributed by atoms with van der Waals surface area (Å²) in [4.78, 5) is 12.6. The molecule has 2 atom stereocenters. The molecule has 1 aromatic rings. The summed E-state index contributed by atoms with van der Waals surface area (Å²) < 4.78 is 5.18. The van der Waals surface area contributed by atoms with Crippen molar-refractivity contribution in [2.24, 2.45) is 5.92 Å². The van der Waals surface area contributed by atoms with Gasteiger partial charge in [-0.3, -0.25) is 4.79 Å². The Balaban J connectivity index is 1.82. The summed E-state index contributed by atoms with van der Waals surface area (Å²) in [5.74, 6) is 0.771. The summed E-state index contributed by atoms with van der Waals surface area (Å²) in [5, 5.41) is 12.5. The maximum absolute atomic E-state index is 12.6. The van der Waals surface area contributed by atoms with Gasteiger partial charge in [0, 0.05) is 23.6 Å². The van der Waals surface area contributed by atoms with Crippen LogP contribution < -0.4 is 10.1 Å². The summed E-state index contributed by atoms with van der Waals surface area (Å²) in [6.07, 6.45) is 4.23. The van der Waals surface area contributed by atoms with Crippen LogP contribution in [0, 0.1) is 17.2 Å². The molecule has 1 N–H and O–H groups in total. The number of ether oxygens (including phenoxy) is 1. The fourth-order valence-electron chi connectivity index (χ4n) is 3.44. The zero-order valence-electron chi connectivity index (χ0n) is 11.6. The molecule has 2 fully saturated rings. The average Bonchev–Trinajstić information content (AvgIpc) is 2.84. The highest BCUT2D eigenvalue weighted by molar-refractivity contribution is 5.98. The average molecular weight is 270 g/mol. The van der Waals surface area contributed by atoms with Gasteiger partial charge in [-0.25, -0.2) is 0 Å². The largest absolute Gasteiger partial charge is 0.495 e. The van der Waals surface area contributed by atoms with E-state index < -0.39 is 0 Å². The molecule has 104 valence electrons. The number of nitrogens with one attached hydrogen (secondary N) is 1. The number of benzene rings is 1. The van der Waals surface area contributed by atoms with Gasteiger partial charge in [-0.15, -0.1) is 0 Å². The Morgan fingerprint density at radius 3 is 2.65 bits per heavy atom. The number of hydrogen-bond donors (Lipinski definition) is 1. The monoisotopic (exact) mass is 270 g/mol. The molecule has 4 nitrogen and oxygen atoms in total. The molecule has 0 aliphatic carbocycles. The SMILES string of the molecule is COc1cc(C(=O)C2CC3CCC(C2)N3)ccc1C#N. The predicted molar refractivity (Wildman–Crippen MR) is 74.7 cm³/mol. The second-order valence-electron chi connectivity index (χ2n) is 5.70. The van der Waals surface area contributed by atoms with Crippen LogP contribution in [0.1, 0.15) is 41.6 Å². The van der Waals surface area contributed by atoms with Crippen LogP contribution in [0.5, 0.6) is 5.75 Å². The first kappa shape index (κ1) is 13.1. The number of rotatable bonds is 3. The molecule has 2 aliphatic heterocycles. The van der Waals surface area contributed by atoms with E-state index in [1.165, 1.54) is 20.0 Å². The molecule has 0 amide bonds. The summed E-state index contributed by atoms with van der Waals surface area (Å²) in [7, 11) is 1.52. The number of ketones is 1. The maximum Gasteiger partial charge on any atom is 0.166 e. The molecule has 4 heteroatoms. The summed E-state index contributed by atoms with van der Waals surface area (Å²) >= 11 is 0. The minimum Gasteiger partial charge on any atom is -0.495 e. The van der Waals surface area contributed by atoms with E-state index in [4.69, 9.17) is 10.00 Å². The maximum atomic E-state index is 12.6. The Kier molecular flexibility index (Phi) is 3.45. The van der Waals surface area contributed by atoms with Gasteiger partial charge >= 0.3 is 0 Å². The van der Waals surface area contributed by atoms with Crippen LogP contribution in [0.4, 0.5) is 0 Å². The van der Waals surface area contributed by atoms with E-state index in [0.717, 1.165) is 12.8 Å². The number of piperidine rings is 1. The second-order valence-corrected chi connectivity index (χ2v) is 5.70. The molecule has 2 heterocycles. The fourth-order valence-corrected chi connectivity index (χ4v) is 3.44. The highest BCUT2D eigenvalue weighted by atomic mass is 16.5. The highest BCUT2D eigenvalue weighted by Crippen LogP contribution is 2.33. The van der Waals surface area contributed by atoms with Crippen LogP contribution in [-0.2, 0) is 0 Å². The van der Waals surface area contributed by atoms with Crippen LogP contribution in [0.25, 0.3) is 0 Å². The molecule has 0 spiro atoms. The Bertz CT molecular complexity index is 564. The minimum absolute atomic E-state index is 0.103. The van der Waals surface area contributed by atoms with Gasteiger partial charge in [0.05, 0.1) is 12.7 Å². The smallest absolute Gasteiger partial charge is 0.166 e. The topological polar surface area (TPSA) is 62.1 Å². The zero-order chi connectivity index (χ0) is 14.1. The molecule has 3 rings (SSSR count). The Morgan fingerprint density at radius 2 is 2.05 bits per heavy atom. The standard InChI is InChI=1S/C16H18N2O2/c1-20-15-8-10(2-3-11(15)9-17)16(19)12-6-13-4-5-14(7-12)18-13/h2-3,8,12-14,18H,4-7H2,1H3. The Hall–Kier alpha value is -1.86. The number of nitrogens with zero attached hydrogens (tertiary/aromatic N) is 1. The van der Waals surface area contributed by atoms with Crippen molar-refractivity contribution in [1.29, 1.82) is 5.26 Å². The lowest BCUT2D eigenvalue weighted by Crippen LogP contribution is -2.40. The molecule has 0 saturated carbocycles. The number of methoxy groups -OCH3 is 1. The van der Waals surface area contributed by atoms with Gasteiger partial charge in [0.15, 0.2) is 5.78 Å². The lowest BCUT2D eigenvalue weighted by Gasteiger charge is -2.28. The van der Waals surface area contributed by atoms with Crippen molar-refractivity contribution in [3.8, 4) is 11.8 Å². The number of nitriles is 1. The van der Waals surface area contributed by atoms with Crippen LogP contribution in [0.2, 0.25) is 0 Å². The van der Waals surface area contributed by atoms with Crippen molar-refractivity contribution < 1.29 is 9.53 Å². The lowest BCUT2D eigenvalue weighted by atomic mass is 9.85. The number of Topliss-reactive ketones (excluding diaryl/α,β-unsaturated/α-hetero) is 1. The predicted octanol–water partition coefficient (Wildman–Crippen LogP) is 2.28. The van der Waals surface area contributed by atoms with Crippen LogP contribution in [0.3, 0.4) is 0 Å². The molecular weight excluding hydrogens is 252 g/mol. The molecule has 2 bridgehead atoms. The molecule has 2 unspecified atom stereocenters. The molecule has 2 aliphatic rings.